The summed E-state index contributed by atoms with van der Waals surface area (Å²) in [7, 11) is 0. The van der Waals surface area contributed by atoms with E-state index in [-0.39, 0.29) is 17.9 Å². The van der Waals surface area contributed by atoms with Gasteiger partial charge in [0.15, 0.2) is 0 Å². The van der Waals surface area contributed by atoms with Gasteiger partial charge in [-0.15, -0.1) is 0 Å². The van der Waals surface area contributed by atoms with E-state index in [2.05, 4.69) is 44.2 Å². The van der Waals surface area contributed by atoms with Gasteiger partial charge in [0.2, 0.25) is 17.8 Å². The second kappa shape index (κ2) is 9.55. The zero-order valence-electron chi connectivity index (χ0n) is 21.7. The molecule has 3 aliphatic heterocycles. The van der Waals surface area contributed by atoms with E-state index in [1.807, 2.05) is 23.2 Å². The van der Waals surface area contributed by atoms with E-state index in [4.69, 9.17) is 4.98 Å². The molecular weight excluding hydrogens is 468 g/mol. The van der Waals surface area contributed by atoms with Gasteiger partial charge in [0.25, 0.3) is 0 Å². The molecule has 0 unspecified atom stereocenters. The lowest BCUT2D eigenvalue weighted by Gasteiger charge is -2.40. The Kier molecular flexibility index (Phi) is 6.22. The number of piperazine rings is 1. The van der Waals surface area contributed by atoms with Crippen LogP contribution in [0.4, 0.5) is 23.3 Å². The number of anilines is 4. The van der Waals surface area contributed by atoms with Crippen LogP contribution in [-0.4, -0.2) is 76.5 Å². The molecule has 0 aromatic carbocycles. The Bertz CT molecular complexity index is 1170. The molecule has 1 saturated carbocycles. The number of carbonyl (C=O) groups excluding carboxylic acids is 2. The van der Waals surface area contributed by atoms with Gasteiger partial charge in [0.1, 0.15) is 17.1 Å². The van der Waals surface area contributed by atoms with E-state index >= 15 is 0 Å². The van der Waals surface area contributed by atoms with Crippen molar-refractivity contribution in [2.45, 2.75) is 64.5 Å². The van der Waals surface area contributed by atoms with Gasteiger partial charge in [-0.25, -0.2) is 9.97 Å². The van der Waals surface area contributed by atoms with Crippen molar-refractivity contribution in [3.63, 3.8) is 0 Å². The first-order valence-electron chi connectivity index (χ1n) is 13.6. The first-order chi connectivity index (χ1) is 17.9. The number of carbonyl (C=O) groups is 2. The van der Waals surface area contributed by atoms with Crippen molar-refractivity contribution in [2.24, 2.45) is 5.41 Å². The summed E-state index contributed by atoms with van der Waals surface area (Å²) in [5, 5.41) is 6.15. The van der Waals surface area contributed by atoms with Crippen molar-refractivity contribution in [2.75, 3.05) is 47.8 Å². The molecule has 1 spiro atoms. The van der Waals surface area contributed by atoms with Crippen molar-refractivity contribution in [3.05, 3.63) is 30.1 Å². The van der Waals surface area contributed by atoms with E-state index in [0.717, 1.165) is 68.9 Å². The van der Waals surface area contributed by atoms with Crippen LogP contribution in [0.25, 0.3) is 0 Å². The highest BCUT2D eigenvalue weighted by atomic mass is 16.2. The van der Waals surface area contributed by atoms with Crippen LogP contribution in [0.15, 0.2) is 24.5 Å². The molecule has 2 aromatic heterocycles. The number of hydrogen-bond acceptors (Lipinski definition) is 8. The van der Waals surface area contributed by atoms with Crippen LogP contribution in [0, 0.1) is 5.41 Å². The lowest BCUT2D eigenvalue weighted by molar-refractivity contribution is -0.140. The number of aromatic nitrogens is 3. The fraction of sp³-hybridized carbons (Fsp3) is 0.593. The third-order valence-corrected chi connectivity index (χ3v) is 8.52. The van der Waals surface area contributed by atoms with Crippen LogP contribution >= 0.6 is 0 Å². The van der Waals surface area contributed by atoms with Gasteiger partial charge in [0, 0.05) is 63.0 Å². The van der Waals surface area contributed by atoms with Crippen molar-refractivity contribution >= 4 is 35.1 Å². The lowest BCUT2D eigenvalue weighted by Crippen LogP contribution is -2.56. The van der Waals surface area contributed by atoms with Gasteiger partial charge in [-0.05, 0) is 45.2 Å². The molecule has 5 heterocycles. The van der Waals surface area contributed by atoms with E-state index in [0.29, 0.717) is 37.2 Å². The summed E-state index contributed by atoms with van der Waals surface area (Å²) >= 11 is 0. The molecular formula is C27H36N8O2. The van der Waals surface area contributed by atoms with Gasteiger partial charge < -0.3 is 15.5 Å². The Balaban J connectivity index is 1.22. The predicted octanol–water partition coefficient (Wildman–Crippen LogP) is 2.48. The Hall–Kier alpha value is -3.27. The summed E-state index contributed by atoms with van der Waals surface area (Å²) < 4.78 is 0. The predicted molar refractivity (Wildman–Crippen MR) is 142 cm³/mol. The maximum Gasteiger partial charge on any atom is 0.244 e. The Morgan fingerprint density at radius 2 is 1.84 bits per heavy atom. The number of rotatable bonds is 5. The smallest absolute Gasteiger partial charge is 0.244 e. The Morgan fingerprint density at radius 3 is 2.49 bits per heavy atom. The largest absolute Gasteiger partial charge is 0.355 e. The van der Waals surface area contributed by atoms with Crippen molar-refractivity contribution in [3.8, 4) is 0 Å². The summed E-state index contributed by atoms with van der Waals surface area (Å²) in [4.78, 5) is 47.3. The number of hydrogen-bond donors (Lipinski definition) is 2. The summed E-state index contributed by atoms with van der Waals surface area (Å²) in [5.41, 5.74) is 0.641. The van der Waals surface area contributed by atoms with Crippen molar-refractivity contribution < 1.29 is 9.59 Å². The standard InChI is InChI=1S/C27H36N8O2/c1-18(2)33-11-13-34(14-12-33)22-8-7-20(17-29-22)31-26-30-16-19-15-27(9-10-28-24(27)36)25(37)35(23(19)32-26)21-5-3-4-6-21/h7-8,16-18,21H,3-6,9-15H2,1-2H3,(H,28,36)(H,30,31,32)/t27-/m1/s1. The second-order valence-electron chi connectivity index (χ2n) is 11.1. The quantitative estimate of drug-likeness (QED) is 0.599. The van der Waals surface area contributed by atoms with Crippen LogP contribution in [0.3, 0.4) is 0 Å². The second-order valence-corrected chi connectivity index (χ2v) is 11.1. The molecule has 0 radical (unpaired) electrons. The highest BCUT2D eigenvalue weighted by Crippen LogP contribution is 2.44. The third kappa shape index (κ3) is 4.31. The SMILES string of the molecule is CC(C)N1CCN(c2ccc(Nc3ncc4c(n3)N(C3CCCC3)C(=O)[C@]3(CCNC3=O)C4)cn2)CC1. The average molecular weight is 505 g/mol. The summed E-state index contributed by atoms with van der Waals surface area (Å²) in [6.45, 7) is 9.04. The lowest BCUT2D eigenvalue weighted by atomic mass is 9.76. The van der Waals surface area contributed by atoms with Gasteiger partial charge in [-0.1, -0.05) is 12.8 Å². The number of pyridine rings is 1. The minimum absolute atomic E-state index is 0.0803. The summed E-state index contributed by atoms with van der Waals surface area (Å²) in [5.74, 6) is 1.78. The highest BCUT2D eigenvalue weighted by molar-refractivity contribution is 6.14. The number of fused-ring (bicyclic) bond motifs is 1. The Labute approximate surface area is 217 Å². The third-order valence-electron chi connectivity index (χ3n) is 8.52. The zero-order valence-corrected chi connectivity index (χ0v) is 21.7. The first-order valence-corrected chi connectivity index (χ1v) is 13.6. The molecule has 196 valence electrons. The van der Waals surface area contributed by atoms with Gasteiger partial charge >= 0.3 is 0 Å². The van der Waals surface area contributed by atoms with Crippen molar-refractivity contribution in [1.82, 2.24) is 25.2 Å². The zero-order chi connectivity index (χ0) is 25.6. The Morgan fingerprint density at radius 1 is 1.05 bits per heavy atom. The molecule has 2 aromatic rings. The van der Waals surface area contributed by atoms with Crippen LogP contribution in [0.2, 0.25) is 0 Å². The number of nitrogens with one attached hydrogen (secondary N) is 2. The summed E-state index contributed by atoms with van der Waals surface area (Å²) in [6, 6.07) is 4.68. The van der Waals surface area contributed by atoms with E-state index in [9.17, 15) is 9.59 Å². The van der Waals surface area contributed by atoms with Crippen molar-refractivity contribution in [1.29, 1.82) is 0 Å². The van der Waals surface area contributed by atoms with E-state index < -0.39 is 5.41 Å². The summed E-state index contributed by atoms with van der Waals surface area (Å²) in [6.07, 6.45) is 8.52. The first kappa shape index (κ1) is 24.1. The molecule has 2 saturated heterocycles. The van der Waals surface area contributed by atoms with Crippen LogP contribution < -0.4 is 20.4 Å². The fourth-order valence-corrected chi connectivity index (χ4v) is 6.31. The van der Waals surface area contributed by atoms with Crippen LogP contribution in [0.5, 0.6) is 0 Å². The maximum absolute atomic E-state index is 13.8. The molecule has 6 rings (SSSR count). The molecule has 3 fully saturated rings. The van der Waals surface area contributed by atoms with E-state index in [1.165, 1.54) is 0 Å². The topological polar surface area (TPSA) is 107 Å². The van der Waals surface area contributed by atoms with Gasteiger partial charge in [-0.2, -0.15) is 4.98 Å². The molecule has 2 amide bonds. The number of amides is 2. The van der Waals surface area contributed by atoms with Gasteiger partial charge in [-0.3, -0.25) is 19.4 Å². The average Bonchev–Trinajstić information content (AvgIpc) is 3.56. The highest BCUT2D eigenvalue weighted by Gasteiger charge is 2.56. The maximum atomic E-state index is 13.8. The minimum Gasteiger partial charge on any atom is -0.355 e. The fourth-order valence-electron chi connectivity index (χ4n) is 6.31. The minimum atomic E-state index is -1.02. The van der Waals surface area contributed by atoms with Crippen LogP contribution in [-0.2, 0) is 16.0 Å². The molecule has 0 bridgehead atoms. The van der Waals surface area contributed by atoms with Crippen LogP contribution in [0.1, 0.15) is 51.5 Å². The molecule has 10 nitrogen and oxygen atoms in total. The molecule has 1 aliphatic carbocycles. The molecule has 1 atom stereocenters. The molecule has 10 heteroatoms. The monoisotopic (exact) mass is 504 g/mol. The molecule has 2 N–H and O–H groups in total. The van der Waals surface area contributed by atoms with Gasteiger partial charge in [0.05, 0.1) is 11.9 Å². The molecule has 37 heavy (non-hydrogen) atoms. The molecule has 4 aliphatic rings. The normalized spacial score (nSPS) is 24.7. The number of nitrogens with zero attached hydrogens (tertiary/aromatic N) is 6. The van der Waals surface area contributed by atoms with E-state index in [1.54, 1.807) is 6.20 Å².